The van der Waals surface area contributed by atoms with Crippen molar-refractivity contribution < 1.29 is 58.2 Å². The maximum absolute atomic E-state index is 13.2. The summed E-state index contributed by atoms with van der Waals surface area (Å²) in [5.74, 6) is -8.42. The summed E-state index contributed by atoms with van der Waals surface area (Å²) in [6, 6.07) is -5.98. The van der Waals surface area contributed by atoms with E-state index in [0.717, 1.165) is 23.5 Å². The standard InChI is InChI=1S/C33H52N12O12S/c34-22(46)11-18(30(54)45-10-4-6-20(45)31(55)56)42-29(53)17(12-26(50)51)41-25(49)14-39-28(52)16(5-3-9-37-32(35)36)40-24(48)13-38-23(47)8-2-1-7-21-27-19(15-58-21)43-33(57)44-27/h16-21,27H,1-15H2,(H2,34,46)(H,38,47)(H,39,52)(H,40,48)(H,41,49)(H,42,53)(H,50,51)(H,55,56)(H4,35,36,37)(H2,43,44,57)/t16-,17-,18-,19-,20-,21-,27-/m0/s1. The number of rotatable bonds is 24. The van der Waals surface area contributed by atoms with Gasteiger partial charge in [-0.05, 0) is 38.5 Å². The summed E-state index contributed by atoms with van der Waals surface area (Å²) in [6.45, 7) is -1.16. The van der Waals surface area contributed by atoms with Gasteiger partial charge in [-0.1, -0.05) is 6.42 Å². The van der Waals surface area contributed by atoms with Gasteiger partial charge in [-0.2, -0.15) is 11.8 Å². The Kier molecular flexibility index (Phi) is 18.2. The highest BCUT2D eigenvalue weighted by Crippen LogP contribution is 2.33. The molecular formula is C33H52N12O12S. The number of hydrogen-bond donors (Lipinski definition) is 12. The summed E-state index contributed by atoms with van der Waals surface area (Å²) in [5, 5.41) is 36.5. The lowest BCUT2D eigenvalue weighted by atomic mass is 10.0. The third-order valence-corrected chi connectivity index (χ3v) is 10.9. The number of primary amides is 1. The Balaban J connectivity index is 1.52. The van der Waals surface area contributed by atoms with Gasteiger partial charge in [0.2, 0.25) is 41.4 Å². The van der Waals surface area contributed by atoms with Crippen molar-refractivity contribution in [1.29, 1.82) is 0 Å². The summed E-state index contributed by atoms with van der Waals surface area (Å²) < 4.78 is 0. The monoisotopic (exact) mass is 840 g/mol. The van der Waals surface area contributed by atoms with Crippen molar-refractivity contribution in [1.82, 2.24) is 42.1 Å². The van der Waals surface area contributed by atoms with Gasteiger partial charge in [0.25, 0.3) is 0 Å². The summed E-state index contributed by atoms with van der Waals surface area (Å²) in [6.07, 6.45) is 1.14. The van der Waals surface area contributed by atoms with Gasteiger partial charge >= 0.3 is 18.0 Å². The van der Waals surface area contributed by atoms with E-state index in [1.165, 1.54) is 0 Å². The zero-order valence-corrected chi connectivity index (χ0v) is 32.5. The number of carbonyl (C=O) groups is 10. The van der Waals surface area contributed by atoms with Crippen LogP contribution in [-0.4, -0.2) is 154 Å². The van der Waals surface area contributed by atoms with Crippen molar-refractivity contribution in [3.05, 3.63) is 0 Å². The van der Waals surface area contributed by atoms with Crippen LogP contribution in [0.3, 0.4) is 0 Å². The smallest absolute Gasteiger partial charge is 0.326 e. The molecule has 0 saturated carbocycles. The lowest BCUT2D eigenvalue weighted by molar-refractivity contribution is -0.150. The molecule has 3 saturated heterocycles. The molecule has 58 heavy (non-hydrogen) atoms. The lowest BCUT2D eigenvalue weighted by Crippen LogP contribution is -2.57. The van der Waals surface area contributed by atoms with Gasteiger partial charge in [0.15, 0.2) is 5.96 Å². The first-order valence-electron chi connectivity index (χ1n) is 18.7. The highest BCUT2D eigenvalue weighted by Gasteiger charge is 2.43. The SMILES string of the molecule is NC(=O)C[C@H](NC(=O)[C@H](CC(=O)O)NC(=O)CNC(=O)[C@H](CCCN=C(N)N)NC(=O)CNC(=O)CCCC[C@@H]1SC[C@@H]2NC(=O)N[C@@H]21)C(=O)N1CCC[C@H]1C(=O)O. The molecule has 7 atom stereocenters. The molecule has 25 heteroatoms. The van der Waals surface area contributed by atoms with E-state index in [2.05, 4.69) is 42.2 Å². The van der Waals surface area contributed by atoms with Gasteiger partial charge < -0.3 is 69.5 Å². The van der Waals surface area contributed by atoms with Crippen LogP contribution in [0.1, 0.15) is 64.2 Å². The first-order valence-corrected chi connectivity index (χ1v) is 19.7. The molecule has 3 aliphatic rings. The van der Waals surface area contributed by atoms with E-state index in [0.29, 0.717) is 12.8 Å². The number of unbranched alkanes of at least 4 members (excludes halogenated alkanes) is 1. The number of thioether (sulfide) groups is 1. The van der Waals surface area contributed by atoms with E-state index in [-0.39, 0.29) is 74.0 Å². The predicted octanol–water partition coefficient (Wildman–Crippen LogP) is -5.12. The highest BCUT2D eigenvalue weighted by atomic mass is 32.2. The van der Waals surface area contributed by atoms with Crippen LogP contribution in [0, 0.1) is 0 Å². The summed E-state index contributed by atoms with van der Waals surface area (Å²) in [4.78, 5) is 129. The van der Waals surface area contributed by atoms with E-state index in [1.54, 1.807) is 11.8 Å². The number of carboxylic acid groups (broad SMARTS) is 2. The lowest BCUT2D eigenvalue weighted by Gasteiger charge is -2.28. The Hall–Kier alpha value is -5.88. The van der Waals surface area contributed by atoms with E-state index in [1.807, 2.05) is 0 Å². The number of aliphatic carboxylic acids is 2. The fourth-order valence-corrected chi connectivity index (χ4v) is 8.18. The van der Waals surface area contributed by atoms with Crippen LogP contribution < -0.4 is 54.4 Å². The summed E-state index contributed by atoms with van der Waals surface area (Å²) in [7, 11) is 0. The number of amides is 9. The Morgan fingerprint density at radius 3 is 2.17 bits per heavy atom. The van der Waals surface area contributed by atoms with Gasteiger partial charge in [0, 0.05) is 30.5 Å². The molecule has 0 spiro atoms. The number of nitrogens with two attached hydrogens (primary N) is 3. The number of hydrogen-bond acceptors (Lipinski definition) is 12. The normalized spacial score (nSPS) is 20.8. The summed E-state index contributed by atoms with van der Waals surface area (Å²) in [5.41, 5.74) is 15.9. The largest absolute Gasteiger partial charge is 0.481 e. The van der Waals surface area contributed by atoms with Crippen molar-refractivity contribution in [2.24, 2.45) is 22.2 Å². The van der Waals surface area contributed by atoms with Gasteiger partial charge in [0.05, 0.1) is 38.0 Å². The molecule has 3 rings (SSSR count). The van der Waals surface area contributed by atoms with Crippen LogP contribution >= 0.6 is 11.8 Å². The van der Waals surface area contributed by atoms with Crippen LogP contribution in [-0.2, 0) is 43.2 Å². The van der Waals surface area contributed by atoms with Crippen molar-refractivity contribution in [2.75, 3.05) is 31.9 Å². The molecular weight excluding hydrogens is 789 g/mol. The van der Waals surface area contributed by atoms with Crippen molar-refractivity contribution >= 4 is 77.0 Å². The molecule has 0 aliphatic carbocycles. The van der Waals surface area contributed by atoms with Crippen molar-refractivity contribution in [3.63, 3.8) is 0 Å². The zero-order valence-electron chi connectivity index (χ0n) is 31.7. The Morgan fingerprint density at radius 1 is 0.828 bits per heavy atom. The second kappa shape index (κ2) is 22.8. The second-order valence-corrected chi connectivity index (χ2v) is 15.2. The highest BCUT2D eigenvalue weighted by molar-refractivity contribution is 8.00. The molecule has 0 aromatic carbocycles. The molecule has 0 radical (unpaired) electrons. The number of aliphatic imine (C=N–C) groups is 1. The van der Waals surface area contributed by atoms with Gasteiger partial charge in [-0.25, -0.2) is 9.59 Å². The molecule has 24 nitrogen and oxygen atoms in total. The van der Waals surface area contributed by atoms with Crippen LogP contribution in [0.5, 0.6) is 0 Å². The number of nitrogens with zero attached hydrogens (tertiary/aromatic N) is 2. The molecule has 3 fully saturated rings. The number of carbonyl (C=O) groups excluding carboxylic acids is 8. The molecule has 9 amide bonds. The maximum Gasteiger partial charge on any atom is 0.326 e. The molecule has 0 bridgehead atoms. The fraction of sp³-hybridized carbons (Fsp3) is 0.667. The van der Waals surface area contributed by atoms with Gasteiger partial charge in [0.1, 0.15) is 24.2 Å². The van der Waals surface area contributed by atoms with Crippen LogP contribution in [0.25, 0.3) is 0 Å². The molecule has 0 aromatic rings. The minimum Gasteiger partial charge on any atom is -0.481 e. The number of likely N-dealkylation sites (tertiary alicyclic amines) is 1. The van der Waals surface area contributed by atoms with E-state index in [9.17, 15) is 58.2 Å². The topological polar surface area (TPSA) is 389 Å². The first-order chi connectivity index (χ1) is 27.4. The molecule has 322 valence electrons. The molecule has 3 aliphatic heterocycles. The van der Waals surface area contributed by atoms with Gasteiger partial charge in [-0.15, -0.1) is 0 Å². The first kappa shape index (κ1) is 46.5. The van der Waals surface area contributed by atoms with Crippen LogP contribution in [0.15, 0.2) is 4.99 Å². The minimum absolute atomic E-state index is 0.0139. The Morgan fingerprint density at radius 2 is 1.52 bits per heavy atom. The minimum atomic E-state index is -1.82. The molecule has 3 heterocycles. The second-order valence-electron chi connectivity index (χ2n) is 13.9. The van der Waals surface area contributed by atoms with Crippen molar-refractivity contribution in [2.45, 2.75) is 106 Å². The van der Waals surface area contributed by atoms with Crippen LogP contribution in [0.4, 0.5) is 4.79 Å². The molecule has 0 aromatic heterocycles. The average Bonchev–Trinajstić information content (AvgIpc) is 3.88. The van der Waals surface area contributed by atoms with Gasteiger partial charge in [-0.3, -0.25) is 43.3 Å². The third kappa shape index (κ3) is 15.2. The molecule has 15 N–H and O–H groups in total. The summed E-state index contributed by atoms with van der Waals surface area (Å²) >= 11 is 1.76. The van der Waals surface area contributed by atoms with Crippen LogP contribution in [0.2, 0.25) is 0 Å². The Labute approximate surface area is 336 Å². The number of carboxylic acids is 2. The Bertz CT molecular complexity index is 1610. The zero-order chi connectivity index (χ0) is 42.9. The molecule has 0 unspecified atom stereocenters. The van der Waals surface area contributed by atoms with E-state index >= 15 is 0 Å². The van der Waals surface area contributed by atoms with Crippen molar-refractivity contribution in [3.8, 4) is 0 Å². The number of fused-ring (bicyclic) bond motifs is 1. The number of urea groups is 1. The quantitative estimate of drug-likeness (QED) is 0.0187. The predicted molar refractivity (Wildman–Crippen MR) is 204 cm³/mol. The fourth-order valence-electron chi connectivity index (χ4n) is 6.64. The maximum atomic E-state index is 13.2. The number of guanidine groups is 1. The number of nitrogens with one attached hydrogen (secondary N) is 7. The average molecular weight is 841 g/mol. The van der Waals surface area contributed by atoms with E-state index in [4.69, 9.17) is 17.2 Å². The van der Waals surface area contributed by atoms with E-state index < -0.39 is 97.5 Å². The third-order valence-electron chi connectivity index (χ3n) is 9.42.